The van der Waals surface area contributed by atoms with Crippen LogP contribution in [0.1, 0.15) is 15.9 Å². The number of amides is 1. The molecule has 1 rings (SSSR count). The van der Waals surface area contributed by atoms with E-state index in [0.29, 0.717) is 5.02 Å². The molecule has 1 aromatic rings. The van der Waals surface area contributed by atoms with Crippen LogP contribution in [0.15, 0.2) is 18.2 Å². The molecule has 0 aliphatic rings. The van der Waals surface area contributed by atoms with Gasteiger partial charge in [-0.2, -0.15) is 0 Å². The molecule has 0 aromatic heterocycles. The maximum atomic E-state index is 12.0. The summed E-state index contributed by atoms with van der Waals surface area (Å²) in [5.74, 6) is -0.555. The minimum atomic E-state index is -1.45. The zero-order chi connectivity index (χ0) is 13.8. The Labute approximate surface area is 110 Å². The highest BCUT2D eigenvalue weighted by Gasteiger charge is 2.30. The molecule has 0 saturated carbocycles. The maximum absolute atomic E-state index is 12.0. The molecule has 0 atom stereocenters. The van der Waals surface area contributed by atoms with Crippen molar-refractivity contribution in [2.75, 3.05) is 19.8 Å². The van der Waals surface area contributed by atoms with Gasteiger partial charge >= 0.3 is 0 Å². The highest BCUT2D eigenvalue weighted by molar-refractivity contribution is 6.34. The molecule has 0 saturated heterocycles. The van der Waals surface area contributed by atoms with Crippen LogP contribution < -0.4 is 5.32 Å². The van der Waals surface area contributed by atoms with Crippen LogP contribution in [0.25, 0.3) is 0 Å². The first-order valence-corrected chi connectivity index (χ1v) is 5.77. The summed E-state index contributed by atoms with van der Waals surface area (Å²) in [5.41, 5.74) is -0.479. The molecule has 4 N–H and O–H groups in total. The fraction of sp³-hybridized carbons (Fsp3) is 0.417. The maximum Gasteiger partial charge on any atom is 0.253 e. The molecule has 0 radical (unpaired) electrons. The Morgan fingerprint density at radius 2 is 1.83 bits per heavy atom. The van der Waals surface area contributed by atoms with E-state index < -0.39 is 31.3 Å². The van der Waals surface area contributed by atoms with Crippen LogP contribution in [0.2, 0.25) is 5.02 Å². The Balaban J connectivity index is 2.98. The second-order valence-electron chi connectivity index (χ2n) is 4.15. The number of hydrogen-bond donors (Lipinski definition) is 4. The first-order chi connectivity index (χ1) is 8.49. The van der Waals surface area contributed by atoms with Gasteiger partial charge in [-0.3, -0.25) is 4.79 Å². The Kier molecular flexibility index (Phi) is 5.10. The number of carbonyl (C=O) groups is 1. The summed E-state index contributed by atoms with van der Waals surface area (Å²) in [7, 11) is 0. The number of benzene rings is 1. The number of aliphatic hydroxyl groups excluding tert-OH is 3. The number of aryl methyl sites for hydroxylation is 1. The van der Waals surface area contributed by atoms with E-state index in [2.05, 4.69) is 5.32 Å². The summed E-state index contributed by atoms with van der Waals surface area (Å²) >= 11 is 6.00. The van der Waals surface area contributed by atoms with Gasteiger partial charge in [0.15, 0.2) is 0 Å². The van der Waals surface area contributed by atoms with Crippen molar-refractivity contribution in [1.29, 1.82) is 0 Å². The van der Waals surface area contributed by atoms with Crippen LogP contribution in [-0.2, 0) is 0 Å². The molecule has 1 amide bonds. The molecule has 0 bridgehead atoms. The molecular weight excluding hydrogens is 258 g/mol. The summed E-state index contributed by atoms with van der Waals surface area (Å²) in [6, 6.07) is 4.96. The lowest BCUT2D eigenvalue weighted by molar-refractivity contribution is 0.0375. The van der Waals surface area contributed by atoms with Gasteiger partial charge in [-0.15, -0.1) is 0 Å². The van der Waals surface area contributed by atoms with Crippen LogP contribution in [0.3, 0.4) is 0 Å². The van der Waals surface area contributed by atoms with E-state index in [1.165, 1.54) is 6.07 Å². The van der Waals surface area contributed by atoms with Crippen molar-refractivity contribution in [3.63, 3.8) is 0 Å². The fourth-order valence-electron chi connectivity index (χ4n) is 1.40. The zero-order valence-electron chi connectivity index (χ0n) is 9.98. The number of halogens is 1. The van der Waals surface area contributed by atoms with Gasteiger partial charge in [-0.05, 0) is 18.6 Å². The highest BCUT2D eigenvalue weighted by atomic mass is 35.5. The Morgan fingerprint density at radius 1 is 1.28 bits per heavy atom. The summed E-state index contributed by atoms with van der Waals surface area (Å²) < 4.78 is 0. The summed E-state index contributed by atoms with van der Waals surface area (Å²) in [6.07, 6.45) is 0. The Hall–Kier alpha value is -1.14. The standard InChI is InChI=1S/C12H16ClNO4/c1-8-3-2-4-9(10(8)13)11(18)14-12(5-15,6-16)7-17/h2-4,15-17H,5-7H2,1H3,(H,14,18). The quantitative estimate of drug-likeness (QED) is 0.612. The average molecular weight is 274 g/mol. The van der Waals surface area contributed by atoms with Gasteiger partial charge in [-0.25, -0.2) is 0 Å². The van der Waals surface area contributed by atoms with Crippen molar-refractivity contribution in [3.8, 4) is 0 Å². The lowest BCUT2D eigenvalue weighted by Gasteiger charge is -2.28. The van der Waals surface area contributed by atoms with Crippen LogP contribution in [0, 0.1) is 6.92 Å². The second-order valence-corrected chi connectivity index (χ2v) is 4.52. The predicted molar refractivity (Wildman–Crippen MR) is 67.6 cm³/mol. The number of hydrogen-bond acceptors (Lipinski definition) is 4. The number of rotatable bonds is 5. The van der Waals surface area contributed by atoms with E-state index in [1.807, 2.05) is 0 Å². The molecule has 0 spiro atoms. The van der Waals surface area contributed by atoms with Crippen molar-refractivity contribution >= 4 is 17.5 Å². The Bertz CT molecular complexity index is 424. The molecule has 100 valence electrons. The van der Waals surface area contributed by atoms with Crippen molar-refractivity contribution in [3.05, 3.63) is 34.3 Å². The van der Waals surface area contributed by atoms with Gasteiger partial charge in [0.2, 0.25) is 0 Å². The molecule has 6 heteroatoms. The topological polar surface area (TPSA) is 89.8 Å². The first kappa shape index (κ1) is 14.9. The molecule has 1 aromatic carbocycles. The van der Waals surface area contributed by atoms with Gasteiger partial charge in [0, 0.05) is 0 Å². The second kappa shape index (κ2) is 6.15. The predicted octanol–water partition coefficient (Wildman–Crippen LogP) is 0.0939. The van der Waals surface area contributed by atoms with Gasteiger partial charge in [0.05, 0.1) is 30.4 Å². The molecule has 0 unspecified atom stereocenters. The van der Waals surface area contributed by atoms with E-state index in [-0.39, 0.29) is 5.56 Å². The molecule has 0 aliphatic carbocycles. The molecule has 0 heterocycles. The molecular formula is C12H16ClNO4. The third-order valence-corrected chi connectivity index (χ3v) is 3.22. The van der Waals surface area contributed by atoms with Crippen LogP contribution >= 0.6 is 11.6 Å². The van der Waals surface area contributed by atoms with Crippen LogP contribution in [0.4, 0.5) is 0 Å². The first-order valence-electron chi connectivity index (χ1n) is 5.40. The Morgan fingerprint density at radius 3 is 2.33 bits per heavy atom. The van der Waals surface area contributed by atoms with Crippen molar-refractivity contribution in [2.24, 2.45) is 0 Å². The normalized spacial score (nSPS) is 11.4. The van der Waals surface area contributed by atoms with E-state index in [1.54, 1.807) is 19.1 Å². The minimum Gasteiger partial charge on any atom is -0.394 e. The van der Waals surface area contributed by atoms with Gasteiger partial charge in [0.1, 0.15) is 5.54 Å². The van der Waals surface area contributed by atoms with Crippen LogP contribution in [-0.4, -0.2) is 46.6 Å². The van der Waals surface area contributed by atoms with Gasteiger partial charge in [0.25, 0.3) is 5.91 Å². The fourth-order valence-corrected chi connectivity index (χ4v) is 1.61. The number of carbonyl (C=O) groups excluding carboxylic acids is 1. The van der Waals surface area contributed by atoms with Crippen molar-refractivity contribution in [1.82, 2.24) is 5.32 Å². The van der Waals surface area contributed by atoms with Crippen LogP contribution in [0.5, 0.6) is 0 Å². The van der Waals surface area contributed by atoms with E-state index in [4.69, 9.17) is 26.9 Å². The molecule has 5 nitrogen and oxygen atoms in total. The number of aliphatic hydroxyl groups is 3. The molecule has 0 aliphatic heterocycles. The summed E-state index contributed by atoms with van der Waals surface area (Å²) in [4.78, 5) is 12.0. The van der Waals surface area contributed by atoms with E-state index >= 15 is 0 Å². The monoisotopic (exact) mass is 273 g/mol. The SMILES string of the molecule is Cc1cccc(C(=O)NC(CO)(CO)CO)c1Cl. The zero-order valence-corrected chi connectivity index (χ0v) is 10.7. The number of nitrogens with one attached hydrogen (secondary N) is 1. The summed E-state index contributed by atoms with van der Waals surface area (Å²) in [6.45, 7) is 0.0377. The lowest BCUT2D eigenvalue weighted by Crippen LogP contribution is -2.57. The minimum absolute atomic E-state index is 0.233. The highest BCUT2D eigenvalue weighted by Crippen LogP contribution is 2.20. The summed E-state index contributed by atoms with van der Waals surface area (Å²) in [5, 5.41) is 30.1. The third kappa shape index (κ3) is 3.00. The van der Waals surface area contributed by atoms with Gasteiger partial charge in [-0.1, -0.05) is 23.7 Å². The molecule has 18 heavy (non-hydrogen) atoms. The third-order valence-electron chi connectivity index (χ3n) is 2.72. The molecule has 0 fully saturated rings. The average Bonchev–Trinajstić information content (AvgIpc) is 2.39. The largest absolute Gasteiger partial charge is 0.394 e. The van der Waals surface area contributed by atoms with E-state index in [0.717, 1.165) is 5.56 Å². The van der Waals surface area contributed by atoms with Crippen molar-refractivity contribution < 1.29 is 20.1 Å². The van der Waals surface area contributed by atoms with E-state index in [9.17, 15) is 4.79 Å². The lowest BCUT2D eigenvalue weighted by atomic mass is 10.0. The smallest absolute Gasteiger partial charge is 0.253 e. The van der Waals surface area contributed by atoms with Crippen molar-refractivity contribution in [2.45, 2.75) is 12.5 Å². The van der Waals surface area contributed by atoms with Gasteiger partial charge < -0.3 is 20.6 Å².